The van der Waals surface area contributed by atoms with Gasteiger partial charge in [-0.25, -0.2) is 4.98 Å². The van der Waals surface area contributed by atoms with E-state index in [0.29, 0.717) is 25.3 Å². The summed E-state index contributed by atoms with van der Waals surface area (Å²) in [4.78, 5) is 21.7. The molecule has 1 amide bonds. The van der Waals surface area contributed by atoms with E-state index in [4.69, 9.17) is 4.74 Å². The summed E-state index contributed by atoms with van der Waals surface area (Å²) in [5.74, 6) is 0.994. The van der Waals surface area contributed by atoms with E-state index >= 15 is 0 Å². The van der Waals surface area contributed by atoms with E-state index in [2.05, 4.69) is 9.88 Å². The quantitative estimate of drug-likeness (QED) is 0.864. The Morgan fingerprint density at radius 1 is 1.04 bits per heavy atom. The Labute approximate surface area is 148 Å². The Morgan fingerprint density at radius 3 is 2.56 bits per heavy atom. The Kier molecular flexibility index (Phi) is 4.65. The molecule has 2 fully saturated rings. The monoisotopic (exact) mass is 337 g/mol. The number of hydrogen-bond donors (Lipinski definition) is 0. The topological polar surface area (TPSA) is 45.7 Å². The Hall–Kier alpha value is -2.40. The van der Waals surface area contributed by atoms with Gasteiger partial charge in [0.25, 0.3) is 5.91 Å². The lowest BCUT2D eigenvalue weighted by Crippen LogP contribution is -2.43. The molecule has 2 aliphatic rings. The molecule has 5 nitrogen and oxygen atoms in total. The van der Waals surface area contributed by atoms with E-state index in [9.17, 15) is 4.79 Å². The first kappa shape index (κ1) is 16.1. The zero-order chi connectivity index (χ0) is 17.1. The molecule has 2 aromatic rings. The molecule has 1 aromatic heterocycles. The number of nitrogens with zero attached hydrogens (tertiary/aromatic N) is 3. The summed E-state index contributed by atoms with van der Waals surface area (Å²) in [5.41, 5.74) is 1.75. The average molecular weight is 337 g/mol. The zero-order valence-corrected chi connectivity index (χ0v) is 14.3. The van der Waals surface area contributed by atoms with Crippen molar-refractivity contribution in [1.82, 2.24) is 9.88 Å². The lowest BCUT2D eigenvalue weighted by atomic mass is 10.0. The molecule has 4 rings (SSSR count). The van der Waals surface area contributed by atoms with Gasteiger partial charge in [0, 0.05) is 25.8 Å². The van der Waals surface area contributed by atoms with Gasteiger partial charge in [0.2, 0.25) is 0 Å². The van der Waals surface area contributed by atoms with Crippen molar-refractivity contribution >= 4 is 11.7 Å². The fraction of sp³-hybridized carbons (Fsp3) is 0.400. The van der Waals surface area contributed by atoms with Crippen LogP contribution in [0.1, 0.15) is 34.8 Å². The molecule has 0 aliphatic carbocycles. The third kappa shape index (κ3) is 3.37. The van der Waals surface area contributed by atoms with Crippen LogP contribution in [-0.4, -0.2) is 48.6 Å². The molecule has 2 aliphatic heterocycles. The first-order chi connectivity index (χ1) is 12.3. The van der Waals surface area contributed by atoms with Crippen molar-refractivity contribution in [2.45, 2.75) is 18.9 Å². The second-order valence-corrected chi connectivity index (χ2v) is 6.60. The Morgan fingerprint density at radius 2 is 1.84 bits per heavy atom. The predicted octanol–water partition coefficient (Wildman–Crippen LogP) is 2.90. The normalized spacial score (nSPS) is 20.7. The van der Waals surface area contributed by atoms with Crippen molar-refractivity contribution in [3.8, 4) is 0 Å². The van der Waals surface area contributed by atoms with Crippen LogP contribution in [-0.2, 0) is 4.74 Å². The SMILES string of the molecule is O=C(c1ccc(N2CCCC2)nc1)N1CCOC[C@@H]1c1ccccc1. The van der Waals surface area contributed by atoms with Crippen molar-refractivity contribution in [3.05, 3.63) is 59.8 Å². The van der Waals surface area contributed by atoms with E-state index < -0.39 is 0 Å². The standard InChI is InChI=1S/C20H23N3O2/c24-20(17-8-9-19(21-14-17)22-10-4-5-11-22)23-12-13-25-15-18(23)16-6-2-1-3-7-16/h1-3,6-9,14,18H,4-5,10-13,15H2/t18-/m1/s1. The second-order valence-electron chi connectivity index (χ2n) is 6.60. The number of pyridine rings is 1. The van der Waals surface area contributed by atoms with Gasteiger partial charge >= 0.3 is 0 Å². The molecule has 1 atom stereocenters. The maximum absolute atomic E-state index is 13.0. The molecule has 25 heavy (non-hydrogen) atoms. The number of ether oxygens (including phenoxy) is 1. The van der Waals surface area contributed by atoms with Gasteiger partial charge in [-0.2, -0.15) is 0 Å². The number of aromatic nitrogens is 1. The summed E-state index contributed by atoms with van der Waals surface area (Å²) < 4.78 is 5.62. The van der Waals surface area contributed by atoms with Crippen LogP contribution in [0.15, 0.2) is 48.7 Å². The minimum absolute atomic E-state index is 0.0256. The number of anilines is 1. The molecule has 130 valence electrons. The number of rotatable bonds is 3. The van der Waals surface area contributed by atoms with Gasteiger partial charge in [-0.15, -0.1) is 0 Å². The molecule has 0 bridgehead atoms. The second kappa shape index (κ2) is 7.23. The van der Waals surface area contributed by atoms with Crippen LogP contribution in [0, 0.1) is 0 Å². The first-order valence-corrected chi connectivity index (χ1v) is 8.97. The summed E-state index contributed by atoms with van der Waals surface area (Å²) >= 11 is 0. The molecule has 0 saturated carbocycles. The van der Waals surface area contributed by atoms with E-state index in [1.165, 1.54) is 12.8 Å². The largest absolute Gasteiger partial charge is 0.377 e. The maximum atomic E-state index is 13.0. The number of amides is 1. The highest BCUT2D eigenvalue weighted by Gasteiger charge is 2.29. The fourth-order valence-electron chi connectivity index (χ4n) is 3.61. The average Bonchev–Trinajstić information content (AvgIpc) is 3.23. The lowest BCUT2D eigenvalue weighted by Gasteiger charge is -2.36. The molecule has 0 spiro atoms. The van der Waals surface area contributed by atoms with Crippen molar-refractivity contribution in [3.63, 3.8) is 0 Å². The number of carbonyl (C=O) groups excluding carboxylic acids is 1. The van der Waals surface area contributed by atoms with Crippen LogP contribution >= 0.6 is 0 Å². The van der Waals surface area contributed by atoms with Crippen LogP contribution in [0.5, 0.6) is 0 Å². The molecule has 2 saturated heterocycles. The smallest absolute Gasteiger partial charge is 0.256 e. The fourth-order valence-corrected chi connectivity index (χ4v) is 3.61. The summed E-state index contributed by atoms with van der Waals surface area (Å²) in [6.07, 6.45) is 4.15. The van der Waals surface area contributed by atoms with Gasteiger partial charge < -0.3 is 14.5 Å². The van der Waals surface area contributed by atoms with Crippen LogP contribution in [0.4, 0.5) is 5.82 Å². The zero-order valence-electron chi connectivity index (χ0n) is 14.3. The third-order valence-electron chi connectivity index (χ3n) is 5.00. The van der Waals surface area contributed by atoms with E-state index in [0.717, 1.165) is 24.5 Å². The Bertz CT molecular complexity index is 711. The number of morpholine rings is 1. The van der Waals surface area contributed by atoms with Crippen molar-refractivity contribution < 1.29 is 9.53 Å². The van der Waals surface area contributed by atoms with E-state index in [-0.39, 0.29) is 11.9 Å². The minimum atomic E-state index is -0.0410. The van der Waals surface area contributed by atoms with Gasteiger partial charge in [-0.05, 0) is 30.5 Å². The molecular weight excluding hydrogens is 314 g/mol. The minimum Gasteiger partial charge on any atom is -0.377 e. The number of hydrogen-bond acceptors (Lipinski definition) is 4. The molecule has 0 unspecified atom stereocenters. The molecular formula is C20H23N3O2. The van der Waals surface area contributed by atoms with Crippen molar-refractivity contribution in [1.29, 1.82) is 0 Å². The van der Waals surface area contributed by atoms with Crippen LogP contribution in [0.25, 0.3) is 0 Å². The molecule has 0 N–H and O–H groups in total. The Balaban J connectivity index is 1.54. The van der Waals surface area contributed by atoms with Crippen molar-refractivity contribution in [2.75, 3.05) is 37.7 Å². The summed E-state index contributed by atoms with van der Waals surface area (Å²) in [5, 5.41) is 0. The highest BCUT2D eigenvalue weighted by atomic mass is 16.5. The lowest BCUT2D eigenvalue weighted by molar-refractivity contribution is -0.00271. The van der Waals surface area contributed by atoms with E-state index in [1.807, 2.05) is 47.4 Å². The van der Waals surface area contributed by atoms with Crippen LogP contribution in [0.2, 0.25) is 0 Å². The van der Waals surface area contributed by atoms with E-state index in [1.54, 1.807) is 6.20 Å². The third-order valence-corrected chi connectivity index (χ3v) is 5.00. The molecule has 5 heteroatoms. The number of carbonyl (C=O) groups is 1. The van der Waals surface area contributed by atoms with Gasteiger partial charge in [0.15, 0.2) is 0 Å². The summed E-state index contributed by atoms with van der Waals surface area (Å²) in [7, 11) is 0. The predicted molar refractivity (Wildman–Crippen MR) is 96.7 cm³/mol. The van der Waals surface area contributed by atoms with Gasteiger partial charge in [0.05, 0.1) is 24.8 Å². The first-order valence-electron chi connectivity index (χ1n) is 8.97. The van der Waals surface area contributed by atoms with Crippen LogP contribution < -0.4 is 4.90 Å². The van der Waals surface area contributed by atoms with Gasteiger partial charge in [-0.3, -0.25) is 4.79 Å². The van der Waals surface area contributed by atoms with Gasteiger partial charge in [-0.1, -0.05) is 30.3 Å². The summed E-state index contributed by atoms with van der Waals surface area (Å²) in [6, 6.07) is 13.9. The number of benzene rings is 1. The van der Waals surface area contributed by atoms with Crippen LogP contribution in [0.3, 0.4) is 0 Å². The molecule has 0 radical (unpaired) electrons. The summed E-state index contributed by atoms with van der Waals surface area (Å²) in [6.45, 7) is 3.83. The maximum Gasteiger partial charge on any atom is 0.256 e. The highest BCUT2D eigenvalue weighted by molar-refractivity contribution is 5.94. The molecule has 1 aromatic carbocycles. The van der Waals surface area contributed by atoms with Crippen molar-refractivity contribution in [2.24, 2.45) is 0 Å². The highest BCUT2D eigenvalue weighted by Crippen LogP contribution is 2.26. The molecule has 3 heterocycles. The van der Waals surface area contributed by atoms with Gasteiger partial charge in [0.1, 0.15) is 5.82 Å².